The van der Waals surface area contributed by atoms with Gasteiger partial charge in [0.05, 0.1) is 42.8 Å². The first kappa shape index (κ1) is 21.3. The van der Waals surface area contributed by atoms with Crippen LogP contribution in [0.2, 0.25) is 0 Å². The number of rotatable bonds is 5. The Balaban J connectivity index is 1.34. The predicted molar refractivity (Wildman–Crippen MR) is 122 cm³/mol. The molecule has 5 rings (SSSR count). The van der Waals surface area contributed by atoms with E-state index in [1.54, 1.807) is 17.3 Å². The lowest BCUT2D eigenvalue weighted by atomic mass is 9.78. The smallest absolute Gasteiger partial charge is 0.415 e. The number of hydrogen-bond donors (Lipinski definition) is 0. The van der Waals surface area contributed by atoms with Gasteiger partial charge in [-0.25, -0.2) is 19.0 Å². The van der Waals surface area contributed by atoms with E-state index < -0.39 is 11.4 Å². The average molecular weight is 448 g/mol. The van der Waals surface area contributed by atoms with Crippen molar-refractivity contribution in [3.05, 3.63) is 60.0 Å². The fourth-order valence-electron chi connectivity index (χ4n) is 5.14. The summed E-state index contributed by atoms with van der Waals surface area (Å²) in [5.74, 6) is 0.457. The summed E-state index contributed by atoms with van der Waals surface area (Å²) in [6.45, 7) is 10.9. The average Bonchev–Trinajstić information content (AvgIpc) is 3.33. The van der Waals surface area contributed by atoms with Crippen LogP contribution in [0.4, 0.5) is 20.6 Å². The first-order valence-corrected chi connectivity index (χ1v) is 11.3. The largest absolute Gasteiger partial charge is 0.494 e. The lowest BCUT2D eigenvalue weighted by molar-refractivity contribution is 0.00439. The van der Waals surface area contributed by atoms with Gasteiger partial charge >= 0.3 is 6.09 Å². The molecule has 1 aromatic heterocycles. The standard InChI is InChI=1S/C25H25FN4O3/c1-3-32-19-8-4-7-18(10-19)30-15-25(33-24(30)31)9-5-6-17(13-25)14-29-16-28-22-11-20(26)21(27-2)12-23(22)29/h4,7-8,10-12,16-17H,3,5-6,9,13-15H2,1H3/t17-,25?/m0/s1. The van der Waals surface area contributed by atoms with Gasteiger partial charge in [-0.1, -0.05) is 6.07 Å². The SMILES string of the molecule is [C-]#[N+]c1cc2c(cc1F)ncn2C[C@H]1CCCC2(C1)CN(c1cccc(OCC)c1)C(=O)O2. The van der Waals surface area contributed by atoms with Gasteiger partial charge in [0.15, 0.2) is 0 Å². The zero-order valence-corrected chi connectivity index (χ0v) is 18.5. The molecule has 1 spiro atoms. The van der Waals surface area contributed by atoms with Crippen LogP contribution in [0, 0.1) is 18.3 Å². The molecule has 1 saturated carbocycles. The van der Waals surface area contributed by atoms with E-state index in [0.29, 0.717) is 25.2 Å². The first-order chi connectivity index (χ1) is 16.0. The second-order valence-electron chi connectivity index (χ2n) is 8.83. The zero-order valence-electron chi connectivity index (χ0n) is 18.5. The van der Waals surface area contributed by atoms with E-state index in [-0.39, 0.29) is 17.7 Å². The number of carbonyl (C=O) groups excluding carboxylic acids is 1. The molecule has 0 N–H and O–H groups in total. The van der Waals surface area contributed by atoms with E-state index >= 15 is 0 Å². The topological polar surface area (TPSA) is 61.0 Å². The molecule has 1 aliphatic heterocycles. The number of aromatic nitrogens is 2. The Hall–Kier alpha value is -3.60. The fraction of sp³-hybridized carbons (Fsp3) is 0.400. The van der Waals surface area contributed by atoms with Crippen molar-refractivity contribution >= 4 is 28.5 Å². The molecule has 3 aromatic rings. The summed E-state index contributed by atoms with van der Waals surface area (Å²) >= 11 is 0. The Labute approximate surface area is 191 Å². The molecule has 7 nitrogen and oxygen atoms in total. The highest BCUT2D eigenvalue weighted by molar-refractivity contribution is 5.90. The van der Waals surface area contributed by atoms with Gasteiger partial charge in [0, 0.05) is 12.6 Å². The maximum Gasteiger partial charge on any atom is 0.415 e. The van der Waals surface area contributed by atoms with E-state index in [9.17, 15) is 9.18 Å². The molecular weight excluding hydrogens is 423 g/mol. The number of nitrogens with zero attached hydrogens (tertiary/aromatic N) is 4. The third-order valence-electron chi connectivity index (χ3n) is 6.58. The van der Waals surface area contributed by atoms with Crippen molar-refractivity contribution in [1.29, 1.82) is 0 Å². The molecule has 170 valence electrons. The third-order valence-corrected chi connectivity index (χ3v) is 6.58. The molecule has 2 aromatic carbocycles. The Morgan fingerprint density at radius 3 is 3.06 bits per heavy atom. The fourth-order valence-corrected chi connectivity index (χ4v) is 5.14. The minimum absolute atomic E-state index is 0.000915. The van der Waals surface area contributed by atoms with Crippen LogP contribution in [0.5, 0.6) is 5.75 Å². The van der Waals surface area contributed by atoms with Crippen molar-refractivity contribution in [3.8, 4) is 5.75 Å². The van der Waals surface area contributed by atoms with Crippen LogP contribution in [0.25, 0.3) is 15.9 Å². The second-order valence-corrected chi connectivity index (χ2v) is 8.83. The second kappa shape index (κ2) is 8.39. The number of carbonyl (C=O) groups is 1. The molecule has 1 unspecified atom stereocenters. The molecule has 1 saturated heterocycles. The molecule has 0 radical (unpaired) electrons. The van der Waals surface area contributed by atoms with Crippen LogP contribution < -0.4 is 9.64 Å². The minimum Gasteiger partial charge on any atom is -0.494 e. The van der Waals surface area contributed by atoms with Crippen LogP contribution in [0.1, 0.15) is 32.6 Å². The molecule has 2 aliphatic rings. The molecule has 0 bridgehead atoms. The molecule has 2 heterocycles. The summed E-state index contributed by atoms with van der Waals surface area (Å²) in [6.07, 6.45) is 4.92. The lowest BCUT2D eigenvalue weighted by Gasteiger charge is -2.36. The lowest BCUT2D eigenvalue weighted by Crippen LogP contribution is -2.40. The molecule has 1 amide bonds. The summed E-state index contributed by atoms with van der Waals surface area (Å²) in [5, 5.41) is 0. The van der Waals surface area contributed by atoms with Crippen LogP contribution in [-0.2, 0) is 11.3 Å². The van der Waals surface area contributed by atoms with Gasteiger partial charge < -0.3 is 14.0 Å². The van der Waals surface area contributed by atoms with Crippen molar-refractivity contribution in [2.45, 2.75) is 44.8 Å². The van der Waals surface area contributed by atoms with E-state index in [0.717, 1.165) is 42.6 Å². The summed E-state index contributed by atoms with van der Waals surface area (Å²) in [4.78, 5) is 22.1. The number of fused-ring (bicyclic) bond motifs is 1. The van der Waals surface area contributed by atoms with Crippen molar-refractivity contribution in [3.63, 3.8) is 0 Å². The number of hydrogen-bond acceptors (Lipinski definition) is 4. The van der Waals surface area contributed by atoms with E-state index in [1.807, 2.05) is 35.8 Å². The Morgan fingerprint density at radius 1 is 1.36 bits per heavy atom. The van der Waals surface area contributed by atoms with Crippen LogP contribution in [0.3, 0.4) is 0 Å². The van der Waals surface area contributed by atoms with Crippen molar-refractivity contribution in [2.75, 3.05) is 18.1 Å². The molecule has 2 fully saturated rings. The van der Waals surface area contributed by atoms with Gasteiger partial charge in [0.1, 0.15) is 17.2 Å². The Kier molecular flexibility index (Phi) is 5.41. The summed E-state index contributed by atoms with van der Waals surface area (Å²) in [5.41, 5.74) is 1.54. The Bertz CT molecular complexity index is 1250. The first-order valence-electron chi connectivity index (χ1n) is 11.3. The molecular formula is C25H25FN4O3. The highest BCUT2D eigenvalue weighted by Crippen LogP contribution is 2.42. The van der Waals surface area contributed by atoms with Gasteiger partial charge in [-0.3, -0.25) is 4.90 Å². The number of anilines is 1. The van der Waals surface area contributed by atoms with Gasteiger partial charge in [-0.2, -0.15) is 0 Å². The molecule has 2 atom stereocenters. The predicted octanol–water partition coefficient (Wildman–Crippen LogP) is 5.71. The van der Waals surface area contributed by atoms with Crippen molar-refractivity contribution in [1.82, 2.24) is 9.55 Å². The minimum atomic E-state index is -0.550. The van der Waals surface area contributed by atoms with Gasteiger partial charge in [-0.05, 0) is 62.8 Å². The highest BCUT2D eigenvalue weighted by atomic mass is 19.1. The van der Waals surface area contributed by atoms with E-state index in [4.69, 9.17) is 16.0 Å². The maximum atomic E-state index is 13.9. The number of imidazole rings is 1. The van der Waals surface area contributed by atoms with E-state index in [1.165, 1.54) is 6.07 Å². The zero-order chi connectivity index (χ0) is 23.0. The maximum absolute atomic E-state index is 13.9. The molecule has 1 aliphatic carbocycles. The quantitative estimate of drug-likeness (QED) is 0.469. The normalized spacial score (nSPS) is 22.5. The number of amides is 1. The van der Waals surface area contributed by atoms with Crippen LogP contribution in [0.15, 0.2) is 42.7 Å². The van der Waals surface area contributed by atoms with Crippen molar-refractivity contribution in [2.24, 2.45) is 5.92 Å². The van der Waals surface area contributed by atoms with Gasteiger partial charge in [0.25, 0.3) is 0 Å². The summed E-state index contributed by atoms with van der Waals surface area (Å²) in [7, 11) is 0. The van der Waals surface area contributed by atoms with Crippen LogP contribution >= 0.6 is 0 Å². The summed E-state index contributed by atoms with van der Waals surface area (Å²) in [6, 6.07) is 10.4. The number of benzene rings is 2. The Morgan fingerprint density at radius 2 is 2.24 bits per heavy atom. The van der Waals surface area contributed by atoms with E-state index in [2.05, 4.69) is 9.83 Å². The number of ether oxygens (including phenoxy) is 2. The number of halogens is 1. The molecule has 8 heteroatoms. The van der Waals surface area contributed by atoms with Gasteiger partial charge in [-0.15, -0.1) is 0 Å². The highest BCUT2D eigenvalue weighted by Gasteiger charge is 2.48. The monoisotopic (exact) mass is 448 g/mol. The summed E-state index contributed by atoms with van der Waals surface area (Å²) < 4.78 is 27.5. The van der Waals surface area contributed by atoms with Crippen molar-refractivity contribution < 1.29 is 18.7 Å². The van der Waals surface area contributed by atoms with Gasteiger partial charge in [0.2, 0.25) is 5.69 Å². The molecule has 33 heavy (non-hydrogen) atoms. The third kappa shape index (κ3) is 3.99. The van der Waals surface area contributed by atoms with Crippen LogP contribution in [-0.4, -0.2) is 34.4 Å².